The van der Waals surface area contributed by atoms with Gasteiger partial charge in [0.15, 0.2) is 0 Å². The van der Waals surface area contributed by atoms with E-state index in [0.29, 0.717) is 12.1 Å². The normalized spacial score (nSPS) is 24.5. The zero-order chi connectivity index (χ0) is 16.2. The number of nitrogens with zero attached hydrogens (tertiary/aromatic N) is 1. The molecule has 2 nitrogen and oxygen atoms in total. The molecule has 24 heavy (non-hydrogen) atoms. The molecule has 2 unspecified atom stereocenters. The lowest BCUT2D eigenvalue weighted by molar-refractivity contribution is 0.177. The van der Waals surface area contributed by atoms with Gasteiger partial charge in [0.1, 0.15) is 0 Å². The molecular weight excluding hydrogens is 312 g/mol. The van der Waals surface area contributed by atoms with E-state index in [1.54, 1.807) is 0 Å². The summed E-state index contributed by atoms with van der Waals surface area (Å²) >= 11 is 2.06. The maximum absolute atomic E-state index is 3.97. The van der Waals surface area contributed by atoms with Gasteiger partial charge in [-0.3, -0.25) is 4.90 Å². The highest BCUT2D eigenvalue weighted by atomic mass is 32.2. The lowest BCUT2D eigenvalue weighted by atomic mass is 9.98. The Morgan fingerprint density at radius 1 is 1.04 bits per heavy atom. The maximum atomic E-state index is 3.97. The van der Waals surface area contributed by atoms with Crippen molar-refractivity contribution >= 4 is 11.8 Å². The fourth-order valence-corrected chi connectivity index (χ4v) is 5.09. The fraction of sp³-hybridized carbons (Fsp3) is 0.429. The monoisotopic (exact) mass is 338 g/mol. The van der Waals surface area contributed by atoms with Crippen LogP contribution in [0.1, 0.15) is 35.6 Å². The van der Waals surface area contributed by atoms with Crippen molar-refractivity contribution in [2.75, 3.05) is 18.8 Å². The Morgan fingerprint density at radius 3 is 2.79 bits per heavy atom. The second kappa shape index (κ2) is 7.73. The SMILES string of the molecule is c1ccc(CN2CCCC(NC3CSCc4ccccc43)C2)cc1. The average Bonchev–Trinajstić information content (AvgIpc) is 2.63. The van der Waals surface area contributed by atoms with Gasteiger partial charge < -0.3 is 5.32 Å². The van der Waals surface area contributed by atoms with Crippen LogP contribution in [0.25, 0.3) is 0 Å². The van der Waals surface area contributed by atoms with Crippen LogP contribution in [0.5, 0.6) is 0 Å². The predicted octanol–water partition coefficient (Wildman–Crippen LogP) is 4.23. The quantitative estimate of drug-likeness (QED) is 0.898. The predicted molar refractivity (Wildman–Crippen MR) is 103 cm³/mol. The van der Waals surface area contributed by atoms with Crippen LogP contribution in [-0.2, 0) is 12.3 Å². The minimum absolute atomic E-state index is 0.515. The highest BCUT2D eigenvalue weighted by Crippen LogP contribution is 2.32. The van der Waals surface area contributed by atoms with Crippen LogP contribution in [0.2, 0.25) is 0 Å². The van der Waals surface area contributed by atoms with Gasteiger partial charge in [-0.2, -0.15) is 11.8 Å². The summed E-state index contributed by atoms with van der Waals surface area (Å²) in [5.41, 5.74) is 4.47. The van der Waals surface area contributed by atoms with Gasteiger partial charge in [0, 0.05) is 36.7 Å². The Labute approximate surface area is 149 Å². The number of benzene rings is 2. The Hall–Kier alpha value is -1.29. The zero-order valence-corrected chi connectivity index (χ0v) is 15.0. The Morgan fingerprint density at radius 2 is 1.88 bits per heavy atom. The van der Waals surface area contributed by atoms with Crippen LogP contribution in [0.3, 0.4) is 0 Å². The molecule has 4 rings (SSSR count). The van der Waals surface area contributed by atoms with Crippen LogP contribution in [0.4, 0.5) is 0 Å². The molecule has 126 valence electrons. The summed E-state index contributed by atoms with van der Waals surface area (Å²) < 4.78 is 0. The van der Waals surface area contributed by atoms with Gasteiger partial charge in [0.25, 0.3) is 0 Å². The maximum Gasteiger partial charge on any atom is 0.0417 e. The second-order valence-electron chi connectivity index (χ2n) is 6.99. The summed E-state index contributed by atoms with van der Waals surface area (Å²) in [6.07, 6.45) is 2.60. The first-order chi connectivity index (χ1) is 11.9. The topological polar surface area (TPSA) is 15.3 Å². The van der Waals surface area contributed by atoms with Crippen molar-refractivity contribution in [2.45, 2.75) is 37.2 Å². The largest absolute Gasteiger partial charge is 0.305 e. The number of hydrogen-bond donors (Lipinski definition) is 1. The third-order valence-corrected chi connectivity index (χ3v) is 6.25. The van der Waals surface area contributed by atoms with Crippen molar-refractivity contribution in [1.82, 2.24) is 10.2 Å². The number of piperidine rings is 1. The van der Waals surface area contributed by atoms with Crippen molar-refractivity contribution < 1.29 is 0 Å². The Kier molecular flexibility index (Phi) is 5.21. The first kappa shape index (κ1) is 16.2. The van der Waals surface area contributed by atoms with Gasteiger partial charge in [-0.15, -0.1) is 0 Å². The van der Waals surface area contributed by atoms with Crippen molar-refractivity contribution in [2.24, 2.45) is 0 Å². The minimum Gasteiger partial charge on any atom is -0.305 e. The highest BCUT2D eigenvalue weighted by molar-refractivity contribution is 7.98. The average molecular weight is 339 g/mol. The molecule has 0 radical (unpaired) electrons. The molecule has 0 spiro atoms. The zero-order valence-electron chi connectivity index (χ0n) is 14.2. The van der Waals surface area contributed by atoms with Gasteiger partial charge in [-0.05, 0) is 36.1 Å². The summed E-state index contributed by atoms with van der Waals surface area (Å²) in [5.74, 6) is 2.37. The molecule has 0 aromatic heterocycles. The van der Waals surface area contributed by atoms with E-state index < -0.39 is 0 Å². The van der Waals surface area contributed by atoms with E-state index in [1.165, 1.54) is 47.6 Å². The summed E-state index contributed by atoms with van der Waals surface area (Å²) in [6, 6.07) is 21.0. The summed E-state index contributed by atoms with van der Waals surface area (Å²) in [5, 5.41) is 3.97. The van der Waals surface area contributed by atoms with Crippen molar-refractivity contribution in [3.05, 3.63) is 71.3 Å². The number of rotatable bonds is 4. The van der Waals surface area contributed by atoms with Crippen LogP contribution < -0.4 is 5.32 Å². The molecule has 1 saturated heterocycles. The summed E-state index contributed by atoms with van der Waals surface area (Å²) in [4.78, 5) is 2.61. The third-order valence-electron chi connectivity index (χ3n) is 5.16. The molecule has 1 N–H and O–H groups in total. The molecule has 2 aliphatic heterocycles. The number of hydrogen-bond acceptors (Lipinski definition) is 3. The van der Waals surface area contributed by atoms with E-state index in [9.17, 15) is 0 Å². The fourth-order valence-electron chi connectivity index (χ4n) is 3.98. The lowest BCUT2D eigenvalue weighted by Crippen LogP contribution is -2.47. The number of thioether (sulfide) groups is 1. The van der Waals surface area contributed by atoms with Crippen LogP contribution in [-0.4, -0.2) is 29.8 Å². The van der Waals surface area contributed by atoms with Gasteiger partial charge in [-0.1, -0.05) is 54.6 Å². The highest BCUT2D eigenvalue weighted by Gasteiger charge is 2.26. The molecule has 0 aliphatic carbocycles. The van der Waals surface area contributed by atoms with E-state index in [2.05, 4.69) is 76.6 Å². The molecule has 3 heteroatoms. The van der Waals surface area contributed by atoms with Gasteiger partial charge in [0.05, 0.1) is 0 Å². The van der Waals surface area contributed by atoms with E-state index in [0.717, 1.165) is 13.1 Å². The van der Waals surface area contributed by atoms with Crippen LogP contribution in [0.15, 0.2) is 54.6 Å². The number of fused-ring (bicyclic) bond motifs is 1. The lowest BCUT2D eigenvalue weighted by Gasteiger charge is -2.37. The summed E-state index contributed by atoms with van der Waals surface area (Å²) in [7, 11) is 0. The van der Waals surface area contributed by atoms with Crippen molar-refractivity contribution in [1.29, 1.82) is 0 Å². The Bertz CT molecular complexity index is 658. The van der Waals surface area contributed by atoms with E-state index in [1.807, 2.05) is 0 Å². The molecule has 0 amide bonds. The standard InChI is InChI=1S/C21H26N2S/c1-2-7-17(8-3-1)13-23-12-6-10-19(14-23)22-21-16-24-15-18-9-4-5-11-20(18)21/h1-5,7-9,11,19,21-22H,6,10,12-16H2. The van der Waals surface area contributed by atoms with Crippen molar-refractivity contribution in [3.63, 3.8) is 0 Å². The molecule has 1 fully saturated rings. The smallest absolute Gasteiger partial charge is 0.0417 e. The molecule has 2 aromatic carbocycles. The number of nitrogens with one attached hydrogen (secondary N) is 1. The van der Waals surface area contributed by atoms with E-state index >= 15 is 0 Å². The van der Waals surface area contributed by atoms with E-state index in [4.69, 9.17) is 0 Å². The Balaban J connectivity index is 1.39. The summed E-state index contributed by atoms with van der Waals surface area (Å²) in [6.45, 7) is 3.47. The molecule has 2 heterocycles. The molecule has 2 aliphatic rings. The molecule has 2 atom stereocenters. The first-order valence-electron chi connectivity index (χ1n) is 9.06. The van der Waals surface area contributed by atoms with Crippen LogP contribution >= 0.6 is 11.8 Å². The van der Waals surface area contributed by atoms with E-state index in [-0.39, 0.29) is 0 Å². The third kappa shape index (κ3) is 3.85. The molecule has 0 bridgehead atoms. The minimum atomic E-state index is 0.515. The number of likely N-dealkylation sites (tertiary alicyclic amines) is 1. The first-order valence-corrected chi connectivity index (χ1v) is 10.2. The van der Waals surface area contributed by atoms with Crippen LogP contribution in [0, 0.1) is 0 Å². The molecule has 2 aromatic rings. The van der Waals surface area contributed by atoms with Gasteiger partial charge in [0.2, 0.25) is 0 Å². The second-order valence-corrected chi connectivity index (χ2v) is 8.02. The van der Waals surface area contributed by atoms with Gasteiger partial charge >= 0.3 is 0 Å². The van der Waals surface area contributed by atoms with Crippen molar-refractivity contribution in [3.8, 4) is 0 Å². The molecule has 0 saturated carbocycles. The van der Waals surface area contributed by atoms with Gasteiger partial charge in [-0.25, -0.2) is 0 Å². The molecular formula is C21H26N2S.